The van der Waals surface area contributed by atoms with E-state index in [2.05, 4.69) is 12.2 Å². The van der Waals surface area contributed by atoms with Gasteiger partial charge < -0.3 is 15.2 Å². The van der Waals surface area contributed by atoms with Crippen molar-refractivity contribution in [2.75, 3.05) is 20.3 Å². The van der Waals surface area contributed by atoms with Crippen LogP contribution < -0.4 is 5.32 Å². The molecule has 0 aromatic rings. The lowest BCUT2D eigenvalue weighted by molar-refractivity contribution is 0.132. The van der Waals surface area contributed by atoms with Gasteiger partial charge in [-0.05, 0) is 25.2 Å². The number of methoxy groups -OCH3 is 1. The van der Waals surface area contributed by atoms with E-state index in [0.29, 0.717) is 12.0 Å². The Kier molecular flexibility index (Phi) is 4.70. The Bertz CT molecular complexity index is 141. The maximum atomic E-state index is 9.54. The van der Waals surface area contributed by atoms with Gasteiger partial charge in [0.25, 0.3) is 0 Å². The highest BCUT2D eigenvalue weighted by molar-refractivity contribution is 4.82. The first-order valence-electron chi connectivity index (χ1n) is 5.14. The van der Waals surface area contributed by atoms with Crippen molar-refractivity contribution in [1.82, 2.24) is 5.32 Å². The molecule has 3 nitrogen and oxygen atoms in total. The minimum atomic E-state index is -0.130. The van der Waals surface area contributed by atoms with Crippen LogP contribution in [0.1, 0.15) is 26.2 Å². The van der Waals surface area contributed by atoms with Gasteiger partial charge in [0.15, 0.2) is 0 Å². The molecule has 2 N–H and O–H groups in total. The van der Waals surface area contributed by atoms with Gasteiger partial charge in [0.2, 0.25) is 0 Å². The Morgan fingerprint density at radius 1 is 1.54 bits per heavy atom. The van der Waals surface area contributed by atoms with Crippen LogP contribution in [-0.4, -0.2) is 37.5 Å². The zero-order chi connectivity index (χ0) is 9.68. The molecule has 0 aromatic heterocycles. The number of aliphatic hydroxyl groups excluding tert-OH is 1. The van der Waals surface area contributed by atoms with Crippen LogP contribution in [-0.2, 0) is 4.74 Å². The van der Waals surface area contributed by atoms with Gasteiger partial charge in [0.05, 0.1) is 6.10 Å². The fourth-order valence-electron chi connectivity index (χ4n) is 1.87. The highest BCUT2D eigenvalue weighted by atomic mass is 16.5. The van der Waals surface area contributed by atoms with Crippen LogP contribution in [0.15, 0.2) is 0 Å². The smallest absolute Gasteiger partial charge is 0.0693 e. The van der Waals surface area contributed by atoms with Crippen LogP contribution in [0.2, 0.25) is 0 Å². The van der Waals surface area contributed by atoms with Crippen molar-refractivity contribution in [1.29, 1.82) is 0 Å². The molecule has 1 unspecified atom stereocenters. The first kappa shape index (κ1) is 11.0. The standard InChI is InChI=1S/C10H21NO2/c1-8(7-13-2)6-11-9-4-3-5-10(9)12/h8-12H,3-7H2,1-2H3/t8?,9-,10-/m0/s1. The van der Waals surface area contributed by atoms with E-state index >= 15 is 0 Å². The van der Waals surface area contributed by atoms with Gasteiger partial charge in [-0.25, -0.2) is 0 Å². The molecule has 3 heteroatoms. The molecular weight excluding hydrogens is 166 g/mol. The van der Waals surface area contributed by atoms with Crippen molar-refractivity contribution >= 4 is 0 Å². The lowest BCUT2D eigenvalue weighted by Gasteiger charge is -2.19. The Hall–Kier alpha value is -0.120. The van der Waals surface area contributed by atoms with E-state index in [9.17, 15) is 5.11 Å². The third-order valence-corrected chi connectivity index (χ3v) is 2.66. The molecule has 0 saturated heterocycles. The molecule has 1 fully saturated rings. The third kappa shape index (κ3) is 3.63. The lowest BCUT2D eigenvalue weighted by Crippen LogP contribution is -2.38. The van der Waals surface area contributed by atoms with Crippen LogP contribution in [0, 0.1) is 5.92 Å². The van der Waals surface area contributed by atoms with Crippen LogP contribution in [0.3, 0.4) is 0 Å². The molecule has 0 bridgehead atoms. The average molecular weight is 187 g/mol. The Labute approximate surface area is 80.5 Å². The number of aliphatic hydroxyl groups is 1. The first-order chi connectivity index (χ1) is 6.24. The van der Waals surface area contributed by atoms with Crippen LogP contribution in [0.5, 0.6) is 0 Å². The summed E-state index contributed by atoms with van der Waals surface area (Å²) in [5.41, 5.74) is 0. The molecule has 0 spiro atoms. The van der Waals surface area contributed by atoms with Gasteiger partial charge in [-0.2, -0.15) is 0 Å². The maximum absolute atomic E-state index is 9.54. The Balaban J connectivity index is 2.10. The van der Waals surface area contributed by atoms with Crippen LogP contribution in [0.25, 0.3) is 0 Å². The summed E-state index contributed by atoms with van der Waals surface area (Å²) in [6.07, 6.45) is 3.09. The van der Waals surface area contributed by atoms with Gasteiger partial charge in [-0.3, -0.25) is 0 Å². The minimum Gasteiger partial charge on any atom is -0.392 e. The van der Waals surface area contributed by atoms with Crippen molar-refractivity contribution in [2.24, 2.45) is 5.92 Å². The van der Waals surface area contributed by atoms with Crippen molar-refractivity contribution < 1.29 is 9.84 Å². The Morgan fingerprint density at radius 3 is 2.85 bits per heavy atom. The van der Waals surface area contributed by atoms with E-state index in [1.54, 1.807) is 7.11 Å². The van der Waals surface area contributed by atoms with E-state index in [4.69, 9.17) is 4.74 Å². The Morgan fingerprint density at radius 2 is 2.31 bits per heavy atom. The summed E-state index contributed by atoms with van der Waals surface area (Å²) in [7, 11) is 1.72. The van der Waals surface area contributed by atoms with Gasteiger partial charge in [-0.1, -0.05) is 6.92 Å². The summed E-state index contributed by atoms with van der Waals surface area (Å²) in [4.78, 5) is 0. The highest BCUT2D eigenvalue weighted by Crippen LogP contribution is 2.18. The van der Waals surface area contributed by atoms with Crippen molar-refractivity contribution in [2.45, 2.75) is 38.3 Å². The lowest BCUT2D eigenvalue weighted by atomic mass is 10.1. The van der Waals surface area contributed by atoms with Gasteiger partial charge in [-0.15, -0.1) is 0 Å². The minimum absolute atomic E-state index is 0.130. The quantitative estimate of drug-likeness (QED) is 0.668. The molecular formula is C10H21NO2. The molecule has 0 aliphatic heterocycles. The van der Waals surface area contributed by atoms with Crippen molar-refractivity contribution in [3.63, 3.8) is 0 Å². The molecule has 0 heterocycles. The molecule has 0 aromatic carbocycles. The number of hydrogen-bond donors (Lipinski definition) is 2. The third-order valence-electron chi connectivity index (χ3n) is 2.66. The molecule has 13 heavy (non-hydrogen) atoms. The predicted molar refractivity (Wildman–Crippen MR) is 52.7 cm³/mol. The van der Waals surface area contributed by atoms with E-state index in [1.165, 1.54) is 0 Å². The van der Waals surface area contributed by atoms with Gasteiger partial charge in [0, 0.05) is 26.3 Å². The summed E-state index contributed by atoms with van der Waals surface area (Å²) in [5, 5.41) is 12.9. The molecule has 0 amide bonds. The van der Waals surface area contributed by atoms with E-state index in [1.807, 2.05) is 0 Å². The summed E-state index contributed by atoms with van der Waals surface area (Å²) in [5.74, 6) is 0.526. The average Bonchev–Trinajstić information content (AvgIpc) is 2.48. The molecule has 78 valence electrons. The van der Waals surface area contributed by atoms with Gasteiger partial charge >= 0.3 is 0 Å². The zero-order valence-corrected chi connectivity index (χ0v) is 8.62. The number of ether oxygens (including phenoxy) is 1. The monoisotopic (exact) mass is 187 g/mol. The molecule has 1 aliphatic rings. The SMILES string of the molecule is COCC(C)CN[C@H]1CCC[C@@H]1O. The second kappa shape index (κ2) is 5.58. The van der Waals surface area contributed by atoms with E-state index in [0.717, 1.165) is 32.4 Å². The molecule has 3 atom stereocenters. The topological polar surface area (TPSA) is 41.5 Å². The predicted octanol–water partition coefficient (Wildman–Crippen LogP) is 0.772. The van der Waals surface area contributed by atoms with Crippen LogP contribution >= 0.6 is 0 Å². The maximum Gasteiger partial charge on any atom is 0.0693 e. The van der Waals surface area contributed by atoms with Crippen molar-refractivity contribution in [3.05, 3.63) is 0 Å². The summed E-state index contributed by atoms with van der Waals surface area (Å²) in [6, 6.07) is 0.319. The second-order valence-electron chi connectivity index (χ2n) is 4.07. The zero-order valence-electron chi connectivity index (χ0n) is 8.62. The molecule has 1 saturated carbocycles. The molecule has 1 aliphatic carbocycles. The molecule has 0 radical (unpaired) electrons. The van der Waals surface area contributed by atoms with E-state index < -0.39 is 0 Å². The summed E-state index contributed by atoms with van der Waals surface area (Å²) in [6.45, 7) is 3.88. The fraction of sp³-hybridized carbons (Fsp3) is 1.00. The van der Waals surface area contributed by atoms with E-state index in [-0.39, 0.29) is 6.10 Å². The number of nitrogens with one attached hydrogen (secondary N) is 1. The highest BCUT2D eigenvalue weighted by Gasteiger charge is 2.24. The molecule has 1 rings (SSSR count). The summed E-state index contributed by atoms with van der Waals surface area (Å²) < 4.78 is 5.04. The summed E-state index contributed by atoms with van der Waals surface area (Å²) >= 11 is 0. The fourth-order valence-corrected chi connectivity index (χ4v) is 1.87. The normalized spacial score (nSPS) is 30.7. The largest absolute Gasteiger partial charge is 0.392 e. The first-order valence-corrected chi connectivity index (χ1v) is 5.14. The van der Waals surface area contributed by atoms with Crippen molar-refractivity contribution in [3.8, 4) is 0 Å². The second-order valence-corrected chi connectivity index (χ2v) is 4.07. The number of rotatable bonds is 5. The van der Waals surface area contributed by atoms with Crippen LogP contribution in [0.4, 0.5) is 0 Å². The number of hydrogen-bond acceptors (Lipinski definition) is 3. The van der Waals surface area contributed by atoms with Gasteiger partial charge in [0.1, 0.15) is 0 Å².